The number of amides is 1. The highest BCUT2D eigenvalue weighted by atomic mass is 32.2. The fourth-order valence-electron chi connectivity index (χ4n) is 4.23. The maximum absolute atomic E-state index is 13.3. The van der Waals surface area contributed by atoms with E-state index in [9.17, 15) is 9.59 Å². The zero-order valence-electron chi connectivity index (χ0n) is 19.4. The first-order valence-electron chi connectivity index (χ1n) is 11.5. The highest BCUT2D eigenvalue weighted by Gasteiger charge is 2.28. The van der Waals surface area contributed by atoms with E-state index in [-0.39, 0.29) is 12.5 Å². The molecule has 6 nitrogen and oxygen atoms in total. The Labute approximate surface area is 211 Å². The second-order valence-corrected chi connectivity index (χ2v) is 9.61. The van der Waals surface area contributed by atoms with Gasteiger partial charge in [-0.05, 0) is 49.4 Å². The number of anilines is 2. The Hall–Kier alpha value is -4.36. The Morgan fingerprint density at radius 1 is 0.889 bits per heavy atom. The summed E-state index contributed by atoms with van der Waals surface area (Å²) in [6.07, 6.45) is 0. The monoisotopic (exact) mass is 491 g/mol. The van der Waals surface area contributed by atoms with Crippen LogP contribution in [0.15, 0.2) is 101 Å². The van der Waals surface area contributed by atoms with Gasteiger partial charge < -0.3 is 9.72 Å². The summed E-state index contributed by atoms with van der Waals surface area (Å²) in [4.78, 5) is 37.6. The van der Waals surface area contributed by atoms with Crippen LogP contribution in [0.4, 0.5) is 11.4 Å². The van der Waals surface area contributed by atoms with Crippen LogP contribution in [0.1, 0.15) is 15.9 Å². The third kappa shape index (κ3) is 4.03. The molecule has 1 aromatic heterocycles. The van der Waals surface area contributed by atoms with E-state index in [1.165, 1.54) is 5.56 Å². The zero-order chi connectivity index (χ0) is 24.6. The average molecular weight is 492 g/mol. The van der Waals surface area contributed by atoms with Crippen molar-refractivity contribution in [2.75, 3.05) is 11.5 Å². The van der Waals surface area contributed by atoms with E-state index >= 15 is 0 Å². The van der Waals surface area contributed by atoms with Gasteiger partial charge in [0.15, 0.2) is 6.61 Å². The molecule has 0 atom stereocenters. The number of nitrogens with one attached hydrogen (secondary N) is 1. The van der Waals surface area contributed by atoms with Crippen molar-refractivity contribution in [3.05, 3.63) is 102 Å². The molecular formula is C29H21N3O3S. The van der Waals surface area contributed by atoms with Gasteiger partial charge in [0.1, 0.15) is 5.82 Å². The van der Waals surface area contributed by atoms with Crippen molar-refractivity contribution in [3.8, 4) is 11.4 Å². The smallest absolute Gasteiger partial charge is 0.338 e. The molecule has 1 aliphatic heterocycles. The fraction of sp³-hybridized carbons (Fsp3) is 0.0690. The van der Waals surface area contributed by atoms with Gasteiger partial charge in [-0.25, -0.2) is 9.78 Å². The van der Waals surface area contributed by atoms with Crippen molar-refractivity contribution in [3.63, 3.8) is 0 Å². The standard InChI is InChI=1S/C29H21N3O3S/c1-18-10-12-19(13-11-18)28-30-21-15-14-20(16-22(21)31-28)29(34)35-17-27(33)32-23-6-2-4-8-25(23)36-26-9-5-3-7-24(26)32/h2-16H,17H2,1H3,(H,30,31). The average Bonchev–Trinajstić information content (AvgIpc) is 3.34. The summed E-state index contributed by atoms with van der Waals surface area (Å²) < 4.78 is 5.46. The molecule has 0 radical (unpaired) electrons. The van der Waals surface area contributed by atoms with Crippen LogP contribution in [-0.4, -0.2) is 28.5 Å². The number of para-hydroxylation sites is 2. The number of carbonyl (C=O) groups is 2. The van der Waals surface area contributed by atoms with Gasteiger partial charge in [0.25, 0.3) is 5.91 Å². The van der Waals surface area contributed by atoms with E-state index in [1.807, 2.05) is 79.7 Å². The topological polar surface area (TPSA) is 75.3 Å². The number of hydrogen-bond acceptors (Lipinski definition) is 5. The Balaban J connectivity index is 1.21. The summed E-state index contributed by atoms with van der Waals surface area (Å²) >= 11 is 1.62. The molecule has 6 rings (SSSR count). The van der Waals surface area contributed by atoms with Crippen LogP contribution >= 0.6 is 11.8 Å². The number of hydrogen-bond donors (Lipinski definition) is 1. The molecule has 1 amide bonds. The molecule has 0 saturated carbocycles. The molecule has 2 heterocycles. The van der Waals surface area contributed by atoms with Crippen molar-refractivity contribution in [1.82, 2.24) is 9.97 Å². The molecule has 0 bridgehead atoms. The lowest BCUT2D eigenvalue weighted by atomic mass is 10.1. The second kappa shape index (κ2) is 9.02. The molecule has 0 fully saturated rings. The molecule has 0 spiro atoms. The van der Waals surface area contributed by atoms with E-state index in [4.69, 9.17) is 4.74 Å². The Bertz CT molecular complexity index is 1580. The van der Waals surface area contributed by atoms with Crippen LogP contribution in [0.25, 0.3) is 22.4 Å². The molecule has 7 heteroatoms. The van der Waals surface area contributed by atoms with Crippen LogP contribution in [-0.2, 0) is 9.53 Å². The molecule has 0 unspecified atom stereocenters. The number of aromatic nitrogens is 2. The predicted octanol–water partition coefficient (Wildman–Crippen LogP) is 6.52. The van der Waals surface area contributed by atoms with Gasteiger partial charge in [0, 0.05) is 15.4 Å². The van der Waals surface area contributed by atoms with Crippen LogP contribution in [0.2, 0.25) is 0 Å². The molecule has 176 valence electrons. The van der Waals surface area contributed by atoms with Gasteiger partial charge >= 0.3 is 5.97 Å². The maximum atomic E-state index is 13.3. The number of aryl methyl sites for hydroxylation is 1. The van der Waals surface area contributed by atoms with Crippen molar-refractivity contribution in [1.29, 1.82) is 0 Å². The molecule has 0 aliphatic carbocycles. The Morgan fingerprint density at radius 3 is 2.25 bits per heavy atom. The van der Waals surface area contributed by atoms with Gasteiger partial charge in [0.2, 0.25) is 0 Å². The van der Waals surface area contributed by atoms with Gasteiger partial charge in [0.05, 0.1) is 28.0 Å². The molecule has 1 aliphatic rings. The van der Waals surface area contributed by atoms with Crippen molar-refractivity contribution < 1.29 is 14.3 Å². The van der Waals surface area contributed by atoms with E-state index in [1.54, 1.807) is 34.9 Å². The minimum atomic E-state index is -0.565. The molecular weight excluding hydrogens is 470 g/mol. The van der Waals surface area contributed by atoms with Gasteiger partial charge in [-0.15, -0.1) is 0 Å². The molecule has 1 N–H and O–H groups in total. The number of aromatic amines is 1. The molecule has 0 saturated heterocycles. The van der Waals surface area contributed by atoms with Crippen molar-refractivity contribution in [2.24, 2.45) is 0 Å². The predicted molar refractivity (Wildman–Crippen MR) is 141 cm³/mol. The number of ether oxygens (including phenoxy) is 1. The lowest BCUT2D eigenvalue weighted by Crippen LogP contribution is -2.32. The highest BCUT2D eigenvalue weighted by Crippen LogP contribution is 2.47. The summed E-state index contributed by atoms with van der Waals surface area (Å²) in [5.41, 5.74) is 5.52. The molecule has 4 aromatic carbocycles. The van der Waals surface area contributed by atoms with Crippen LogP contribution in [0.3, 0.4) is 0 Å². The normalized spacial score (nSPS) is 12.2. The quantitative estimate of drug-likeness (QED) is 0.290. The number of fused-ring (bicyclic) bond motifs is 3. The lowest BCUT2D eigenvalue weighted by Gasteiger charge is -2.30. The minimum absolute atomic E-state index is 0.312. The van der Waals surface area contributed by atoms with E-state index < -0.39 is 5.97 Å². The van der Waals surface area contributed by atoms with Gasteiger partial charge in [-0.2, -0.15) is 0 Å². The van der Waals surface area contributed by atoms with Crippen LogP contribution < -0.4 is 4.90 Å². The number of nitrogens with zero attached hydrogens (tertiary/aromatic N) is 2. The largest absolute Gasteiger partial charge is 0.452 e. The van der Waals surface area contributed by atoms with E-state index in [0.717, 1.165) is 43.6 Å². The third-order valence-corrected chi connectivity index (χ3v) is 7.18. The highest BCUT2D eigenvalue weighted by molar-refractivity contribution is 7.99. The molecule has 5 aromatic rings. The third-order valence-electron chi connectivity index (χ3n) is 6.05. The van der Waals surface area contributed by atoms with Crippen molar-refractivity contribution in [2.45, 2.75) is 16.7 Å². The maximum Gasteiger partial charge on any atom is 0.338 e. The van der Waals surface area contributed by atoms with E-state index in [0.29, 0.717) is 5.56 Å². The summed E-state index contributed by atoms with van der Waals surface area (Å²) in [6.45, 7) is 1.66. The lowest BCUT2D eigenvalue weighted by molar-refractivity contribution is -0.121. The number of imidazole rings is 1. The SMILES string of the molecule is Cc1ccc(-c2nc3ccc(C(=O)OCC(=O)N4c5ccccc5Sc5ccccc54)cc3[nH]2)cc1. The second-order valence-electron chi connectivity index (χ2n) is 8.53. The van der Waals surface area contributed by atoms with E-state index in [2.05, 4.69) is 9.97 Å². The molecule has 36 heavy (non-hydrogen) atoms. The fourth-order valence-corrected chi connectivity index (χ4v) is 5.29. The summed E-state index contributed by atoms with van der Waals surface area (Å²) in [6, 6.07) is 28.6. The number of rotatable bonds is 4. The van der Waals surface area contributed by atoms with Crippen molar-refractivity contribution >= 4 is 46.0 Å². The Kier molecular flexibility index (Phi) is 5.54. The first kappa shape index (κ1) is 22.1. The summed E-state index contributed by atoms with van der Waals surface area (Å²) in [5, 5.41) is 0. The van der Waals surface area contributed by atoms with Gasteiger partial charge in [-0.3, -0.25) is 9.69 Å². The summed E-state index contributed by atoms with van der Waals surface area (Å²) in [5.74, 6) is -0.150. The first-order chi connectivity index (χ1) is 17.6. The zero-order valence-corrected chi connectivity index (χ0v) is 20.2. The summed E-state index contributed by atoms with van der Waals surface area (Å²) in [7, 11) is 0. The number of benzene rings is 4. The number of esters is 1. The number of carbonyl (C=O) groups excluding carboxylic acids is 2. The van der Waals surface area contributed by atoms with Crippen LogP contribution in [0, 0.1) is 6.92 Å². The van der Waals surface area contributed by atoms with Crippen LogP contribution in [0.5, 0.6) is 0 Å². The Morgan fingerprint density at radius 2 is 1.56 bits per heavy atom. The first-order valence-corrected chi connectivity index (χ1v) is 12.3. The minimum Gasteiger partial charge on any atom is -0.452 e. The number of H-pyrrole nitrogens is 1. The van der Waals surface area contributed by atoms with Gasteiger partial charge in [-0.1, -0.05) is 65.9 Å².